The van der Waals surface area contributed by atoms with E-state index in [4.69, 9.17) is 0 Å². The predicted molar refractivity (Wildman–Crippen MR) is 67.9 cm³/mol. The standard InChI is InChI=1S/C11H11BrFNO2S/c12-10-8(2-1-3-9(10)13)11(15)14-4-6-17(16)7-5-14/h1-3H,4-7H2. The maximum Gasteiger partial charge on any atom is 0.255 e. The van der Waals surface area contributed by atoms with Gasteiger partial charge in [0.2, 0.25) is 0 Å². The predicted octanol–water partition coefficient (Wildman–Crippen LogP) is 1.79. The van der Waals surface area contributed by atoms with Crippen LogP contribution in [0.4, 0.5) is 4.39 Å². The van der Waals surface area contributed by atoms with Gasteiger partial charge in [-0.1, -0.05) is 6.07 Å². The van der Waals surface area contributed by atoms with Gasteiger partial charge in [-0.15, -0.1) is 0 Å². The molecule has 1 aliphatic heterocycles. The van der Waals surface area contributed by atoms with Gasteiger partial charge < -0.3 is 4.90 Å². The van der Waals surface area contributed by atoms with Crippen molar-refractivity contribution in [2.24, 2.45) is 0 Å². The Balaban J connectivity index is 2.20. The van der Waals surface area contributed by atoms with Gasteiger partial charge in [-0.25, -0.2) is 4.39 Å². The highest BCUT2D eigenvalue weighted by atomic mass is 79.9. The van der Waals surface area contributed by atoms with Crippen LogP contribution in [0.15, 0.2) is 22.7 Å². The largest absolute Gasteiger partial charge is 0.337 e. The highest BCUT2D eigenvalue weighted by molar-refractivity contribution is 9.10. The van der Waals surface area contributed by atoms with E-state index in [9.17, 15) is 13.4 Å². The molecule has 0 aromatic heterocycles. The molecule has 1 aromatic carbocycles. The fourth-order valence-corrected chi connectivity index (χ4v) is 3.17. The third kappa shape index (κ3) is 2.74. The molecule has 0 N–H and O–H groups in total. The maximum absolute atomic E-state index is 13.3. The number of hydrogen-bond donors (Lipinski definition) is 0. The van der Waals surface area contributed by atoms with Gasteiger partial charge in [0, 0.05) is 35.4 Å². The second kappa shape index (κ2) is 5.27. The van der Waals surface area contributed by atoms with Crippen molar-refractivity contribution >= 4 is 32.6 Å². The van der Waals surface area contributed by atoms with Crippen LogP contribution in [0.1, 0.15) is 10.4 Å². The Morgan fingerprint density at radius 3 is 2.65 bits per heavy atom. The summed E-state index contributed by atoms with van der Waals surface area (Å²) < 4.78 is 24.7. The molecule has 3 nitrogen and oxygen atoms in total. The molecular formula is C11H11BrFNO2S. The molecular weight excluding hydrogens is 309 g/mol. The van der Waals surface area contributed by atoms with E-state index in [1.54, 1.807) is 11.0 Å². The topological polar surface area (TPSA) is 37.4 Å². The van der Waals surface area contributed by atoms with Crippen molar-refractivity contribution in [2.75, 3.05) is 24.6 Å². The lowest BCUT2D eigenvalue weighted by atomic mass is 10.2. The number of amides is 1. The third-order valence-corrected chi connectivity index (χ3v) is 4.73. The zero-order chi connectivity index (χ0) is 12.4. The monoisotopic (exact) mass is 319 g/mol. The number of carbonyl (C=O) groups excluding carboxylic acids is 1. The van der Waals surface area contributed by atoms with Gasteiger partial charge in [0.05, 0.1) is 10.0 Å². The molecule has 1 amide bonds. The zero-order valence-corrected chi connectivity index (χ0v) is 11.4. The molecule has 1 heterocycles. The van der Waals surface area contributed by atoms with E-state index in [-0.39, 0.29) is 10.4 Å². The Morgan fingerprint density at radius 1 is 1.35 bits per heavy atom. The van der Waals surface area contributed by atoms with Crippen LogP contribution in [0.2, 0.25) is 0 Å². The molecule has 0 saturated carbocycles. The van der Waals surface area contributed by atoms with Gasteiger partial charge in [0.25, 0.3) is 5.91 Å². The SMILES string of the molecule is O=C(c1cccc(F)c1Br)N1CCS(=O)CC1. The van der Waals surface area contributed by atoms with Crippen LogP contribution in [-0.2, 0) is 10.8 Å². The number of halogens is 2. The fourth-order valence-electron chi connectivity index (χ4n) is 1.68. The molecule has 17 heavy (non-hydrogen) atoms. The van der Waals surface area contributed by atoms with E-state index >= 15 is 0 Å². The number of carbonyl (C=O) groups is 1. The Morgan fingerprint density at radius 2 is 2.00 bits per heavy atom. The highest BCUT2D eigenvalue weighted by Crippen LogP contribution is 2.22. The zero-order valence-electron chi connectivity index (χ0n) is 8.99. The molecule has 6 heteroatoms. The van der Waals surface area contributed by atoms with E-state index < -0.39 is 16.6 Å². The van der Waals surface area contributed by atoms with Crippen molar-refractivity contribution in [2.45, 2.75) is 0 Å². The maximum atomic E-state index is 13.3. The summed E-state index contributed by atoms with van der Waals surface area (Å²) in [6, 6.07) is 4.39. The lowest BCUT2D eigenvalue weighted by Gasteiger charge is -2.26. The molecule has 1 aliphatic rings. The molecule has 0 spiro atoms. The van der Waals surface area contributed by atoms with E-state index in [0.29, 0.717) is 30.2 Å². The summed E-state index contributed by atoms with van der Waals surface area (Å²) in [7, 11) is -0.823. The summed E-state index contributed by atoms with van der Waals surface area (Å²) >= 11 is 3.08. The van der Waals surface area contributed by atoms with Crippen molar-refractivity contribution < 1.29 is 13.4 Å². The average Bonchev–Trinajstić information content (AvgIpc) is 2.33. The van der Waals surface area contributed by atoms with E-state index in [2.05, 4.69) is 15.9 Å². The summed E-state index contributed by atoms with van der Waals surface area (Å²) in [6.45, 7) is 0.933. The summed E-state index contributed by atoms with van der Waals surface area (Å²) in [4.78, 5) is 13.7. The van der Waals surface area contributed by atoms with Gasteiger partial charge in [0.1, 0.15) is 5.82 Å². The fraction of sp³-hybridized carbons (Fsp3) is 0.364. The normalized spacial score (nSPS) is 17.2. The van der Waals surface area contributed by atoms with Crippen LogP contribution in [0.5, 0.6) is 0 Å². The van der Waals surface area contributed by atoms with Crippen molar-refractivity contribution in [3.8, 4) is 0 Å². The van der Waals surface area contributed by atoms with Crippen LogP contribution in [0, 0.1) is 5.82 Å². The first kappa shape index (κ1) is 12.7. The van der Waals surface area contributed by atoms with Crippen molar-refractivity contribution in [1.82, 2.24) is 4.90 Å². The summed E-state index contributed by atoms with van der Waals surface area (Å²) in [5.41, 5.74) is 0.317. The number of rotatable bonds is 1. The molecule has 0 radical (unpaired) electrons. The Kier molecular flexibility index (Phi) is 3.93. The summed E-state index contributed by atoms with van der Waals surface area (Å²) in [5.74, 6) is 0.335. The molecule has 0 unspecified atom stereocenters. The number of hydrogen-bond acceptors (Lipinski definition) is 2. The Labute approximate surface area is 110 Å². The van der Waals surface area contributed by atoms with Crippen molar-refractivity contribution in [3.05, 3.63) is 34.1 Å². The quantitative estimate of drug-likeness (QED) is 0.791. The summed E-state index contributed by atoms with van der Waals surface area (Å²) in [6.07, 6.45) is 0. The van der Waals surface area contributed by atoms with Crippen LogP contribution < -0.4 is 0 Å². The molecule has 1 saturated heterocycles. The minimum atomic E-state index is -0.823. The minimum absolute atomic E-state index is 0.191. The molecule has 2 rings (SSSR count). The van der Waals surface area contributed by atoms with Crippen LogP contribution in [-0.4, -0.2) is 39.6 Å². The smallest absolute Gasteiger partial charge is 0.255 e. The molecule has 0 bridgehead atoms. The van der Waals surface area contributed by atoms with Gasteiger partial charge in [0.15, 0.2) is 0 Å². The summed E-state index contributed by atoms with van der Waals surface area (Å²) in [5, 5.41) is 0. The molecule has 92 valence electrons. The van der Waals surface area contributed by atoms with Crippen LogP contribution in [0.3, 0.4) is 0 Å². The number of nitrogens with zero attached hydrogens (tertiary/aromatic N) is 1. The van der Waals surface area contributed by atoms with E-state index in [0.717, 1.165) is 0 Å². The van der Waals surface area contributed by atoms with Gasteiger partial charge in [-0.05, 0) is 28.1 Å². The van der Waals surface area contributed by atoms with Crippen molar-refractivity contribution in [3.63, 3.8) is 0 Å². The Hall–Kier alpha value is -0.750. The lowest BCUT2D eigenvalue weighted by molar-refractivity contribution is 0.0770. The second-order valence-electron chi connectivity index (χ2n) is 3.74. The number of benzene rings is 1. The molecule has 1 aromatic rings. The van der Waals surface area contributed by atoms with Gasteiger partial charge in [-0.2, -0.15) is 0 Å². The third-order valence-electron chi connectivity index (χ3n) is 2.65. The van der Waals surface area contributed by atoms with E-state index in [1.807, 2.05) is 0 Å². The molecule has 1 fully saturated rings. The first-order valence-corrected chi connectivity index (χ1v) is 7.46. The highest BCUT2D eigenvalue weighted by Gasteiger charge is 2.23. The second-order valence-corrected chi connectivity index (χ2v) is 6.23. The van der Waals surface area contributed by atoms with Crippen molar-refractivity contribution in [1.29, 1.82) is 0 Å². The Bertz CT molecular complexity index is 471. The lowest BCUT2D eigenvalue weighted by Crippen LogP contribution is -2.41. The van der Waals surface area contributed by atoms with Gasteiger partial charge in [-0.3, -0.25) is 9.00 Å². The first-order valence-electron chi connectivity index (χ1n) is 5.18. The minimum Gasteiger partial charge on any atom is -0.337 e. The van der Waals surface area contributed by atoms with Crippen LogP contribution >= 0.6 is 15.9 Å². The van der Waals surface area contributed by atoms with E-state index in [1.165, 1.54) is 12.1 Å². The average molecular weight is 320 g/mol. The van der Waals surface area contributed by atoms with Gasteiger partial charge >= 0.3 is 0 Å². The van der Waals surface area contributed by atoms with Crippen LogP contribution in [0.25, 0.3) is 0 Å². The first-order chi connectivity index (χ1) is 8.09. The molecule has 0 atom stereocenters. The molecule has 0 aliphatic carbocycles.